The van der Waals surface area contributed by atoms with E-state index >= 15 is 0 Å². The summed E-state index contributed by atoms with van der Waals surface area (Å²) in [5, 5.41) is 85.3. The Bertz CT molecular complexity index is 2270. The lowest BCUT2D eigenvalue weighted by Gasteiger charge is -2.43. The smallest absolute Gasteiger partial charge is 0.193 e. The van der Waals surface area contributed by atoms with Crippen LogP contribution in [0.1, 0.15) is 36.7 Å². The molecular weight excluding hydrogens is 716 g/mol. The number of ether oxygens (including phenoxy) is 1. The first kappa shape index (κ1) is 38.4. The van der Waals surface area contributed by atoms with E-state index in [0.717, 1.165) is 11.3 Å². The van der Waals surface area contributed by atoms with E-state index < -0.39 is 55.3 Å². The Morgan fingerprint density at radius 3 is 2.62 bits per heavy atom. The molecule has 0 saturated heterocycles. The van der Waals surface area contributed by atoms with Crippen LogP contribution >= 0.6 is 0 Å². The predicted molar refractivity (Wildman–Crippen MR) is 200 cm³/mol. The lowest BCUT2D eigenvalue weighted by molar-refractivity contribution is -0.371. The third-order valence-electron chi connectivity index (χ3n) is 10.6. The number of aliphatic hydroxyl groups excluding tert-OH is 5. The highest BCUT2D eigenvalue weighted by Gasteiger charge is 2.47. The second kappa shape index (κ2) is 15.0. The van der Waals surface area contributed by atoms with Crippen LogP contribution in [0.5, 0.6) is 17.2 Å². The van der Waals surface area contributed by atoms with Crippen molar-refractivity contribution in [2.45, 2.75) is 75.1 Å². The SMILES string of the molecule is Cc1cc(=O)c2cc3c(c(N4C=C5C=CN=C5C4)c2o1)OC(C)(CCCO)C(OOCC(O)(Cc1ccc(O)c2ccc(O)cc12)C(O)C(O)C(O)CO)C3. The number of allylic oxidation sites excluding steroid dienone is 1. The summed E-state index contributed by atoms with van der Waals surface area (Å²) < 4.78 is 13.0. The van der Waals surface area contributed by atoms with E-state index in [4.69, 9.17) is 18.9 Å². The standard InChI is InChI=1S/C40H44N2O13/c1-21-12-31(47)28-13-24-14-33(39(2,9-3-11-43)54-36(24)34(37(28)53-21)42-17-23-8-10-41-29(23)18-42)55-52-20-40(51,38(50)35(49)32(48)19-44)16-22-4-7-30(46)26-6-5-25(45)15-27(22)26/h4-8,10,12-13,15,17,32-33,35,38,43-46,48-51H,3,9,11,14,16,18-20H2,1-2H3. The number of aryl methyl sites for hydroxylation is 1. The summed E-state index contributed by atoms with van der Waals surface area (Å²) in [5.41, 5.74) is -0.269. The van der Waals surface area contributed by atoms with Crippen LogP contribution in [0.2, 0.25) is 0 Å². The molecule has 55 heavy (non-hydrogen) atoms. The highest BCUT2D eigenvalue weighted by Crippen LogP contribution is 2.48. The van der Waals surface area contributed by atoms with Crippen LogP contribution in [-0.4, -0.2) is 109 Å². The molecular formula is C40H44N2O13. The maximum Gasteiger partial charge on any atom is 0.193 e. The fraction of sp³-hybridized carbons (Fsp3) is 0.400. The maximum absolute atomic E-state index is 13.4. The monoisotopic (exact) mass is 760 g/mol. The van der Waals surface area contributed by atoms with E-state index in [9.17, 15) is 45.6 Å². The molecule has 3 aromatic carbocycles. The zero-order valence-corrected chi connectivity index (χ0v) is 30.3. The van der Waals surface area contributed by atoms with Crippen molar-refractivity contribution in [1.82, 2.24) is 0 Å². The zero-order chi connectivity index (χ0) is 39.2. The lowest BCUT2D eigenvalue weighted by atomic mass is 9.84. The highest BCUT2D eigenvalue weighted by molar-refractivity contribution is 6.12. The first-order chi connectivity index (χ1) is 26.2. The normalized spacial score (nSPS) is 21.8. The highest BCUT2D eigenvalue weighted by atomic mass is 17.2. The molecule has 0 bridgehead atoms. The average Bonchev–Trinajstić information content (AvgIpc) is 3.77. The number of hydrogen-bond acceptors (Lipinski definition) is 15. The van der Waals surface area contributed by atoms with Crippen molar-refractivity contribution in [3.05, 3.63) is 93.6 Å². The molecule has 3 aliphatic heterocycles. The fourth-order valence-electron chi connectivity index (χ4n) is 7.55. The summed E-state index contributed by atoms with van der Waals surface area (Å²) in [6.07, 6.45) is -1.07. The lowest BCUT2D eigenvalue weighted by Crippen LogP contribution is -2.58. The molecule has 6 atom stereocenters. The van der Waals surface area contributed by atoms with Crippen LogP contribution in [0, 0.1) is 6.92 Å². The fourth-order valence-corrected chi connectivity index (χ4v) is 7.55. The summed E-state index contributed by atoms with van der Waals surface area (Å²) in [5.74, 6) is 0.632. The molecule has 1 aromatic heterocycles. The Morgan fingerprint density at radius 2 is 1.87 bits per heavy atom. The number of fused-ring (bicyclic) bond motifs is 4. The van der Waals surface area contributed by atoms with Crippen LogP contribution in [0.4, 0.5) is 5.69 Å². The number of hydrogen-bond donors (Lipinski definition) is 8. The quantitative estimate of drug-likeness (QED) is 0.0680. The number of phenols is 2. The molecule has 15 nitrogen and oxygen atoms in total. The molecule has 4 heterocycles. The molecule has 0 spiro atoms. The minimum atomic E-state index is -2.39. The minimum absolute atomic E-state index is 0.100. The van der Waals surface area contributed by atoms with Crippen molar-refractivity contribution in [2.75, 3.05) is 31.3 Å². The molecule has 0 radical (unpaired) electrons. The van der Waals surface area contributed by atoms with Gasteiger partial charge in [0.2, 0.25) is 0 Å². The Morgan fingerprint density at radius 1 is 1.07 bits per heavy atom. The summed E-state index contributed by atoms with van der Waals surface area (Å²) in [4.78, 5) is 31.5. The molecule has 4 aromatic rings. The summed E-state index contributed by atoms with van der Waals surface area (Å²) in [6.45, 7) is 2.01. The molecule has 292 valence electrons. The van der Waals surface area contributed by atoms with Gasteiger partial charge in [0.25, 0.3) is 0 Å². The molecule has 3 aliphatic rings. The molecule has 0 saturated carbocycles. The van der Waals surface area contributed by atoms with Gasteiger partial charge in [0, 0.05) is 54.4 Å². The summed E-state index contributed by atoms with van der Waals surface area (Å²) in [7, 11) is 0. The molecule has 6 unspecified atom stereocenters. The van der Waals surface area contributed by atoms with Crippen molar-refractivity contribution in [3.8, 4) is 17.2 Å². The van der Waals surface area contributed by atoms with Crippen molar-refractivity contribution in [3.63, 3.8) is 0 Å². The molecule has 0 amide bonds. The second-order valence-corrected chi connectivity index (χ2v) is 14.6. The Hall–Kier alpha value is -4.84. The number of benzene rings is 3. The van der Waals surface area contributed by atoms with Gasteiger partial charge >= 0.3 is 0 Å². The Kier molecular flexibility index (Phi) is 10.5. The molecule has 7 rings (SSSR count). The maximum atomic E-state index is 13.4. The van der Waals surface area contributed by atoms with Gasteiger partial charge in [-0.2, -0.15) is 0 Å². The number of aromatic hydroxyl groups is 2. The van der Waals surface area contributed by atoms with Gasteiger partial charge in [0.15, 0.2) is 16.8 Å². The molecule has 0 aliphatic carbocycles. The van der Waals surface area contributed by atoms with Crippen LogP contribution in [0.3, 0.4) is 0 Å². The molecule has 0 fully saturated rings. The van der Waals surface area contributed by atoms with Crippen LogP contribution in [0.25, 0.3) is 21.7 Å². The van der Waals surface area contributed by atoms with Gasteiger partial charge in [-0.1, -0.05) is 6.07 Å². The first-order valence-corrected chi connectivity index (χ1v) is 18.0. The zero-order valence-electron chi connectivity index (χ0n) is 30.3. The van der Waals surface area contributed by atoms with Gasteiger partial charge in [-0.25, -0.2) is 9.78 Å². The summed E-state index contributed by atoms with van der Waals surface area (Å²) in [6, 6.07) is 10.1. The average molecular weight is 761 g/mol. The van der Waals surface area contributed by atoms with Crippen LogP contribution in [-0.2, 0) is 22.6 Å². The third kappa shape index (κ3) is 7.21. The van der Waals surface area contributed by atoms with E-state index in [1.165, 1.54) is 36.4 Å². The molecule has 15 heteroatoms. The van der Waals surface area contributed by atoms with Crippen LogP contribution in [0.15, 0.2) is 80.7 Å². The topological polar surface area (TPSA) is 235 Å². The van der Waals surface area contributed by atoms with Crippen molar-refractivity contribution in [2.24, 2.45) is 4.99 Å². The Balaban J connectivity index is 1.23. The van der Waals surface area contributed by atoms with Gasteiger partial charge in [-0.15, -0.1) is 0 Å². The van der Waals surface area contributed by atoms with Crippen molar-refractivity contribution < 1.29 is 59.8 Å². The van der Waals surface area contributed by atoms with Gasteiger partial charge in [0.1, 0.15) is 65.2 Å². The van der Waals surface area contributed by atoms with Crippen molar-refractivity contribution >= 4 is 33.1 Å². The summed E-state index contributed by atoms with van der Waals surface area (Å²) >= 11 is 0. The van der Waals surface area contributed by atoms with E-state index in [0.29, 0.717) is 63.0 Å². The Labute approximate surface area is 314 Å². The van der Waals surface area contributed by atoms with E-state index in [-0.39, 0.29) is 36.4 Å². The second-order valence-electron chi connectivity index (χ2n) is 14.6. The third-order valence-corrected chi connectivity index (χ3v) is 10.6. The van der Waals surface area contributed by atoms with Crippen molar-refractivity contribution in [1.29, 1.82) is 0 Å². The van der Waals surface area contributed by atoms with Gasteiger partial charge in [0.05, 0.1) is 24.2 Å². The molecule has 8 N–H and O–H groups in total. The number of aliphatic imine (C=N–C) groups is 1. The van der Waals surface area contributed by atoms with E-state index in [1.54, 1.807) is 26.1 Å². The van der Waals surface area contributed by atoms with Gasteiger partial charge < -0.3 is 54.9 Å². The minimum Gasteiger partial charge on any atom is -0.508 e. The number of anilines is 1. The number of nitrogens with zero attached hydrogens (tertiary/aromatic N) is 2. The van der Waals surface area contributed by atoms with E-state index in [2.05, 4.69) is 4.99 Å². The van der Waals surface area contributed by atoms with E-state index in [1.807, 2.05) is 17.2 Å². The van der Waals surface area contributed by atoms with Crippen LogP contribution < -0.4 is 15.1 Å². The number of phenolic OH excluding ortho intramolecular Hbond substituents is 2. The predicted octanol–water partition coefficient (Wildman–Crippen LogP) is 2.17. The largest absolute Gasteiger partial charge is 0.508 e. The first-order valence-electron chi connectivity index (χ1n) is 18.0. The van der Waals surface area contributed by atoms with Gasteiger partial charge in [-0.05, 0) is 74.0 Å². The number of aliphatic hydroxyl groups is 6. The number of rotatable bonds is 14. The van der Waals surface area contributed by atoms with Gasteiger partial charge in [-0.3, -0.25) is 9.79 Å².